The van der Waals surface area contributed by atoms with Crippen molar-refractivity contribution in [2.45, 2.75) is 26.2 Å². The quantitative estimate of drug-likeness (QED) is 0.767. The summed E-state index contributed by atoms with van der Waals surface area (Å²) in [5, 5.41) is 0. The van der Waals surface area contributed by atoms with E-state index in [2.05, 4.69) is 19.9 Å². The molecular weight excluding hydrogens is 310 g/mol. The van der Waals surface area contributed by atoms with E-state index in [1.807, 2.05) is 13.0 Å². The molecule has 0 atom stereocenters. The van der Waals surface area contributed by atoms with E-state index >= 15 is 0 Å². The van der Waals surface area contributed by atoms with Gasteiger partial charge in [-0.2, -0.15) is 0 Å². The van der Waals surface area contributed by atoms with Crippen LogP contribution < -0.4 is 4.90 Å². The highest BCUT2D eigenvalue weighted by Crippen LogP contribution is 2.30. The molecule has 1 aliphatic heterocycles. The molecule has 0 aliphatic carbocycles. The van der Waals surface area contributed by atoms with Crippen LogP contribution in [0.25, 0.3) is 22.3 Å². The van der Waals surface area contributed by atoms with Gasteiger partial charge in [0.15, 0.2) is 5.82 Å². The fourth-order valence-corrected chi connectivity index (χ4v) is 3.31. The molecule has 1 aliphatic rings. The molecule has 3 aromatic rings. The molecule has 6 heteroatoms. The number of fused-ring (bicyclic) bond motifs is 1. The Morgan fingerprint density at radius 3 is 2.38 bits per heavy atom. The van der Waals surface area contributed by atoms with Gasteiger partial charge in [-0.25, -0.2) is 18.7 Å². The second-order valence-corrected chi connectivity index (χ2v) is 6.24. The number of aryl methyl sites for hydroxylation is 1. The number of nitrogens with zero attached hydrogens (tertiary/aromatic N) is 3. The number of hydrogen-bond donors (Lipinski definition) is 1. The summed E-state index contributed by atoms with van der Waals surface area (Å²) in [6.45, 7) is 3.80. The van der Waals surface area contributed by atoms with Crippen LogP contribution in [0, 0.1) is 18.6 Å². The van der Waals surface area contributed by atoms with Crippen LogP contribution in [0.15, 0.2) is 24.3 Å². The molecule has 0 amide bonds. The van der Waals surface area contributed by atoms with Gasteiger partial charge in [-0.05, 0) is 44.4 Å². The third-order valence-corrected chi connectivity index (χ3v) is 4.40. The minimum Gasteiger partial charge on any atom is -0.355 e. The molecular formula is C18H18F2N4. The number of anilines is 1. The highest BCUT2D eigenvalue weighted by atomic mass is 19.1. The molecule has 1 aromatic carbocycles. The van der Waals surface area contributed by atoms with Gasteiger partial charge in [0, 0.05) is 30.4 Å². The van der Waals surface area contributed by atoms with Gasteiger partial charge in [-0.3, -0.25) is 0 Å². The van der Waals surface area contributed by atoms with Crippen molar-refractivity contribution < 1.29 is 8.78 Å². The number of piperidine rings is 1. The fourth-order valence-electron chi connectivity index (χ4n) is 3.31. The molecule has 1 N–H and O–H groups in total. The number of hydrogen-bond acceptors (Lipinski definition) is 3. The summed E-state index contributed by atoms with van der Waals surface area (Å²) in [6.07, 6.45) is 3.53. The molecule has 0 saturated carbocycles. The van der Waals surface area contributed by atoms with Crippen LogP contribution >= 0.6 is 0 Å². The van der Waals surface area contributed by atoms with Crippen molar-refractivity contribution in [1.82, 2.24) is 15.0 Å². The zero-order chi connectivity index (χ0) is 16.7. The minimum atomic E-state index is -0.595. The molecule has 1 fully saturated rings. The zero-order valence-electron chi connectivity index (χ0n) is 13.4. The van der Waals surface area contributed by atoms with E-state index in [4.69, 9.17) is 0 Å². The average molecular weight is 328 g/mol. The van der Waals surface area contributed by atoms with Crippen molar-refractivity contribution in [2.75, 3.05) is 18.0 Å². The minimum absolute atomic E-state index is 0.466. The predicted molar refractivity (Wildman–Crippen MR) is 90.0 cm³/mol. The lowest BCUT2D eigenvalue weighted by atomic mass is 10.1. The van der Waals surface area contributed by atoms with E-state index in [0.29, 0.717) is 17.1 Å². The standard InChI is InChI=1S/C18H18F2N4/c1-11-21-16-10-15(12-7-13(19)9-14(20)8-12)23-17(16)18(22-11)24-5-3-2-4-6-24/h7-10,23H,2-6H2,1H3. The fraction of sp³-hybridized carbons (Fsp3) is 0.333. The van der Waals surface area contributed by atoms with E-state index in [1.54, 1.807) is 0 Å². The van der Waals surface area contributed by atoms with E-state index in [0.717, 1.165) is 48.8 Å². The number of aromatic nitrogens is 3. The van der Waals surface area contributed by atoms with Gasteiger partial charge in [-0.15, -0.1) is 0 Å². The average Bonchev–Trinajstić information content (AvgIpc) is 2.98. The highest BCUT2D eigenvalue weighted by molar-refractivity contribution is 5.90. The van der Waals surface area contributed by atoms with Gasteiger partial charge in [-0.1, -0.05) is 0 Å². The first kappa shape index (κ1) is 15.1. The van der Waals surface area contributed by atoms with E-state index in [-0.39, 0.29) is 0 Å². The van der Waals surface area contributed by atoms with E-state index in [9.17, 15) is 8.78 Å². The lowest BCUT2D eigenvalue weighted by molar-refractivity contribution is 0.574. The zero-order valence-corrected chi connectivity index (χ0v) is 13.4. The Hall–Kier alpha value is -2.50. The summed E-state index contributed by atoms with van der Waals surface area (Å²) < 4.78 is 27.0. The largest absolute Gasteiger partial charge is 0.355 e. The Balaban J connectivity index is 1.85. The van der Waals surface area contributed by atoms with Crippen LogP contribution in [0.3, 0.4) is 0 Å². The van der Waals surface area contributed by atoms with Crippen LogP contribution in [-0.4, -0.2) is 28.0 Å². The second kappa shape index (κ2) is 5.85. The van der Waals surface area contributed by atoms with Crippen molar-refractivity contribution in [3.05, 3.63) is 41.7 Å². The van der Waals surface area contributed by atoms with Crippen LogP contribution in [-0.2, 0) is 0 Å². The first-order chi connectivity index (χ1) is 11.6. The molecule has 1 saturated heterocycles. The van der Waals surface area contributed by atoms with Gasteiger partial charge < -0.3 is 9.88 Å². The third-order valence-electron chi connectivity index (χ3n) is 4.40. The summed E-state index contributed by atoms with van der Waals surface area (Å²) in [5.41, 5.74) is 2.69. The van der Waals surface area contributed by atoms with Gasteiger partial charge >= 0.3 is 0 Å². The molecule has 0 spiro atoms. The maximum Gasteiger partial charge on any atom is 0.156 e. The molecule has 24 heavy (non-hydrogen) atoms. The number of nitrogens with one attached hydrogen (secondary N) is 1. The maximum atomic E-state index is 13.5. The highest BCUT2D eigenvalue weighted by Gasteiger charge is 2.18. The summed E-state index contributed by atoms with van der Waals surface area (Å²) in [7, 11) is 0. The molecule has 2 aromatic heterocycles. The Morgan fingerprint density at radius 1 is 0.958 bits per heavy atom. The predicted octanol–water partition coefficient (Wildman–Crippen LogP) is 4.20. The smallest absolute Gasteiger partial charge is 0.156 e. The van der Waals surface area contributed by atoms with Crippen LogP contribution in [0.1, 0.15) is 25.1 Å². The van der Waals surface area contributed by atoms with Gasteiger partial charge in [0.1, 0.15) is 23.0 Å². The Morgan fingerprint density at radius 2 is 1.67 bits per heavy atom. The topological polar surface area (TPSA) is 44.8 Å². The van der Waals surface area contributed by atoms with Gasteiger partial charge in [0.05, 0.1) is 5.52 Å². The van der Waals surface area contributed by atoms with Gasteiger partial charge in [0.25, 0.3) is 0 Å². The molecule has 124 valence electrons. The van der Waals surface area contributed by atoms with Crippen molar-refractivity contribution in [3.8, 4) is 11.3 Å². The maximum absolute atomic E-state index is 13.5. The van der Waals surface area contributed by atoms with Crippen molar-refractivity contribution in [3.63, 3.8) is 0 Å². The van der Waals surface area contributed by atoms with Gasteiger partial charge in [0.2, 0.25) is 0 Å². The number of benzene rings is 1. The van der Waals surface area contributed by atoms with E-state index in [1.165, 1.54) is 18.6 Å². The first-order valence-corrected chi connectivity index (χ1v) is 8.19. The van der Waals surface area contributed by atoms with Crippen LogP contribution in [0.5, 0.6) is 0 Å². The summed E-state index contributed by atoms with van der Waals surface area (Å²) >= 11 is 0. The second-order valence-electron chi connectivity index (χ2n) is 6.24. The summed E-state index contributed by atoms with van der Waals surface area (Å²) in [5.74, 6) is 0.378. The Labute approximate surface area is 138 Å². The SMILES string of the molecule is Cc1nc(N2CCCCC2)c2[nH]c(-c3cc(F)cc(F)c3)cc2n1. The lowest BCUT2D eigenvalue weighted by Crippen LogP contribution is -2.30. The Bertz CT molecular complexity index is 877. The van der Waals surface area contributed by atoms with Crippen molar-refractivity contribution in [2.24, 2.45) is 0 Å². The third kappa shape index (κ3) is 2.72. The molecule has 4 rings (SSSR count). The lowest BCUT2D eigenvalue weighted by Gasteiger charge is -2.28. The Kier molecular flexibility index (Phi) is 3.67. The summed E-state index contributed by atoms with van der Waals surface area (Å²) in [6, 6.07) is 5.32. The number of halogens is 2. The molecule has 0 bridgehead atoms. The van der Waals surface area contributed by atoms with Crippen molar-refractivity contribution in [1.29, 1.82) is 0 Å². The molecule has 4 nitrogen and oxygen atoms in total. The van der Waals surface area contributed by atoms with E-state index < -0.39 is 11.6 Å². The van der Waals surface area contributed by atoms with Crippen molar-refractivity contribution >= 4 is 16.9 Å². The van der Waals surface area contributed by atoms with Crippen LogP contribution in [0.4, 0.5) is 14.6 Å². The normalized spacial score (nSPS) is 15.2. The van der Waals surface area contributed by atoms with Crippen LogP contribution in [0.2, 0.25) is 0 Å². The number of rotatable bonds is 2. The number of H-pyrrole nitrogens is 1. The number of aromatic amines is 1. The molecule has 0 unspecified atom stereocenters. The molecule has 3 heterocycles. The monoisotopic (exact) mass is 328 g/mol. The molecule has 0 radical (unpaired) electrons. The first-order valence-electron chi connectivity index (χ1n) is 8.19. The summed E-state index contributed by atoms with van der Waals surface area (Å²) in [4.78, 5) is 14.6.